The van der Waals surface area contributed by atoms with Gasteiger partial charge in [0, 0.05) is 25.7 Å². The van der Waals surface area contributed by atoms with Crippen molar-refractivity contribution in [1.29, 1.82) is 0 Å². The quantitative estimate of drug-likeness (QED) is 0.0169. The van der Waals surface area contributed by atoms with E-state index in [2.05, 4.69) is 72.8 Å². The van der Waals surface area contributed by atoms with Crippen LogP contribution in [0.25, 0.3) is 0 Å². The zero-order chi connectivity index (χ0) is 70.9. The highest BCUT2D eigenvalue weighted by atomic mass is 31.2. The van der Waals surface area contributed by atoms with Crippen LogP contribution >= 0.6 is 15.6 Å². The van der Waals surface area contributed by atoms with E-state index in [1.165, 1.54) is 161 Å². The molecule has 0 bridgehead atoms. The highest BCUT2D eigenvalue weighted by Crippen LogP contribution is 2.45. The van der Waals surface area contributed by atoms with Gasteiger partial charge in [0.2, 0.25) is 0 Å². The van der Waals surface area contributed by atoms with Gasteiger partial charge in [-0.2, -0.15) is 0 Å². The second-order valence-corrected chi connectivity index (χ2v) is 30.9. The fourth-order valence-electron chi connectivity index (χ4n) is 11.2. The van der Waals surface area contributed by atoms with Crippen LogP contribution < -0.4 is 0 Å². The maximum absolute atomic E-state index is 13.1. The van der Waals surface area contributed by atoms with Crippen LogP contribution in [0.2, 0.25) is 0 Å². The van der Waals surface area contributed by atoms with Gasteiger partial charge in [0.05, 0.1) is 26.4 Å². The molecule has 0 fully saturated rings. The lowest BCUT2D eigenvalue weighted by Crippen LogP contribution is -2.30. The molecule has 0 saturated carbocycles. The summed E-state index contributed by atoms with van der Waals surface area (Å²) < 4.78 is 68.5. The van der Waals surface area contributed by atoms with Gasteiger partial charge in [-0.25, -0.2) is 9.13 Å². The van der Waals surface area contributed by atoms with E-state index >= 15 is 0 Å². The van der Waals surface area contributed by atoms with Crippen LogP contribution in [0, 0.1) is 17.8 Å². The number of phosphoric ester groups is 2. The fourth-order valence-corrected chi connectivity index (χ4v) is 12.8. The molecule has 4 unspecified atom stereocenters. The summed E-state index contributed by atoms with van der Waals surface area (Å²) in [6, 6.07) is 0. The van der Waals surface area contributed by atoms with Crippen molar-refractivity contribution < 1.29 is 80.2 Å². The first-order chi connectivity index (χ1) is 46.3. The number of unbranched alkanes of at least 4 members (excludes halogenated alkanes) is 36. The molecule has 0 aromatic heterocycles. The second-order valence-electron chi connectivity index (χ2n) is 28.0. The number of hydrogen-bond acceptors (Lipinski definition) is 15. The molecule has 19 heteroatoms. The van der Waals surface area contributed by atoms with Crippen molar-refractivity contribution >= 4 is 39.5 Å². The summed E-state index contributed by atoms with van der Waals surface area (Å²) in [6.45, 7) is 11.8. The van der Waals surface area contributed by atoms with Gasteiger partial charge < -0.3 is 33.8 Å². The fraction of sp³-hybridized carbons (Fsp3) is 0.896. The minimum absolute atomic E-state index is 0.0845. The van der Waals surface area contributed by atoms with E-state index in [0.29, 0.717) is 31.6 Å². The average Bonchev–Trinajstić information content (AvgIpc) is 1.24. The van der Waals surface area contributed by atoms with E-state index in [-0.39, 0.29) is 25.7 Å². The topological polar surface area (TPSA) is 237 Å². The van der Waals surface area contributed by atoms with E-state index < -0.39 is 97.5 Å². The van der Waals surface area contributed by atoms with Crippen LogP contribution in [-0.4, -0.2) is 96.7 Å². The van der Waals surface area contributed by atoms with Crippen molar-refractivity contribution in [2.24, 2.45) is 17.8 Å². The Balaban J connectivity index is 5.27. The SMILES string of the molecule is CCCCCC/C=C\C=C/CCCCCCCC(=O)O[C@H](COC(=O)CCCCCCCCCCCCC(C)CC)COP(=O)(O)OC[C@@H](O)COP(=O)(O)OC[C@@H](COC(=O)CCCCCCCCC(C)C)OC(=O)CCCCCCCCCCCCCCCCC(C)CC. The highest BCUT2D eigenvalue weighted by Gasteiger charge is 2.30. The predicted octanol–water partition coefficient (Wildman–Crippen LogP) is 22.1. The van der Waals surface area contributed by atoms with E-state index in [1.54, 1.807) is 0 Å². The van der Waals surface area contributed by atoms with Crippen LogP contribution in [0.5, 0.6) is 0 Å². The summed E-state index contributed by atoms with van der Waals surface area (Å²) in [5.74, 6) is 0.180. The van der Waals surface area contributed by atoms with Crippen molar-refractivity contribution in [2.45, 2.75) is 388 Å². The molecule has 0 spiro atoms. The summed E-state index contributed by atoms with van der Waals surface area (Å²) in [7, 11) is -9.93. The Labute approximate surface area is 586 Å². The maximum Gasteiger partial charge on any atom is 0.472 e. The third kappa shape index (κ3) is 67.4. The lowest BCUT2D eigenvalue weighted by atomic mass is 9.99. The molecule has 566 valence electrons. The van der Waals surface area contributed by atoms with Gasteiger partial charge in [-0.3, -0.25) is 37.3 Å². The standard InChI is InChI=1S/C77H146O17P2/c1-8-11-12-13-14-15-16-17-18-22-25-32-37-46-53-60-76(81)93-72(64-87-74(79)58-51-44-36-31-28-27-30-35-43-50-57-70(7)10-3)66-91-95(83,84)89-62-71(78)63-90-96(85,86)92-67-73(65-88-75(80)59-52-45-40-39-41-48-55-68(4)5)94-77(82)61-54-47-38-33-26-23-20-19-21-24-29-34-42-49-56-69(6)9-2/h15-18,68-73,78H,8-14,19-67H2,1-7H3,(H,83,84)(H,85,86)/b16-15-,18-17-/t69?,70?,71-,72-,73-/m1/s1. The zero-order valence-electron chi connectivity index (χ0n) is 62.3. The van der Waals surface area contributed by atoms with E-state index in [4.69, 9.17) is 37.0 Å². The molecule has 96 heavy (non-hydrogen) atoms. The number of allylic oxidation sites excluding steroid dienone is 4. The minimum atomic E-state index is -4.97. The molecule has 0 heterocycles. The summed E-state index contributed by atoms with van der Waals surface area (Å²) in [5, 5.41) is 10.6. The van der Waals surface area contributed by atoms with Crippen molar-refractivity contribution in [3.8, 4) is 0 Å². The van der Waals surface area contributed by atoms with Gasteiger partial charge in [-0.15, -0.1) is 0 Å². The number of carbonyl (C=O) groups excluding carboxylic acids is 4. The Morgan fingerprint density at radius 2 is 0.615 bits per heavy atom. The largest absolute Gasteiger partial charge is 0.472 e. The summed E-state index contributed by atoms with van der Waals surface area (Å²) in [6.07, 6.45) is 56.3. The lowest BCUT2D eigenvalue weighted by molar-refractivity contribution is -0.161. The Hall–Kier alpha value is -2.46. The summed E-state index contributed by atoms with van der Waals surface area (Å²) in [5.41, 5.74) is 0. The lowest BCUT2D eigenvalue weighted by Gasteiger charge is -2.21. The molecule has 0 aliphatic carbocycles. The first kappa shape index (κ1) is 93.5. The molecule has 7 atom stereocenters. The number of esters is 4. The molecule has 0 aliphatic heterocycles. The minimum Gasteiger partial charge on any atom is -0.462 e. The second kappa shape index (κ2) is 67.1. The number of carbonyl (C=O) groups is 4. The van der Waals surface area contributed by atoms with Crippen molar-refractivity contribution in [3.05, 3.63) is 24.3 Å². The molecule has 0 aromatic carbocycles. The highest BCUT2D eigenvalue weighted by molar-refractivity contribution is 7.47. The Bertz CT molecular complexity index is 1970. The normalized spacial score (nSPS) is 14.8. The van der Waals surface area contributed by atoms with Crippen molar-refractivity contribution in [3.63, 3.8) is 0 Å². The number of hydrogen-bond donors (Lipinski definition) is 3. The molecule has 0 aromatic rings. The molecule has 17 nitrogen and oxygen atoms in total. The van der Waals surface area contributed by atoms with Gasteiger partial charge in [0.1, 0.15) is 19.3 Å². The third-order valence-electron chi connectivity index (χ3n) is 18.0. The number of aliphatic hydroxyl groups is 1. The smallest absolute Gasteiger partial charge is 0.462 e. The average molecular weight is 1410 g/mol. The maximum atomic E-state index is 13.1. The molecular weight excluding hydrogens is 1260 g/mol. The molecule has 3 N–H and O–H groups in total. The first-order valence-corrected chi connectivity index (χ1v) is 42.2. The Kier molecular flexibility index (Phi) is 65.3. The van der Waals surface area contributed by atoms with Crippen LogP contribution in [0.4, 0.5) is 0 Å². The van der Waals surface area contributed by atoms with Crippen LogP contribution in [0.15, 0.2) is 24.3 Å². The van der Waals surface area contributed by atoms with Gasteiger partial charge in [0.15, 0.2) is 12.2 Å². The number of phosphoric acid groups is 2. The van der Waals surface area contributed by atoms with Crippen molar-refractivity contribution in [2.75, 3.05) is 39.6 Å². The van der Waals surface area contributed by atoms with Crippen LogP contribution in [0.3, 0.4) is 0 Å². The molecular formula is C77H146O17P2. The molecule has 0 saturated heterocycles. The van der Waals surface area contributed by atoms with Gasteiger partial charge in [-0.1, -0.05) is 317 Å². The molecule has 0 radical (unpaired) electrons. The van der Waals surface area contributed by atoms with E-state index in [1.807, 2.05) is 0 Å². The zero-order valence-corrected chi connectivity index (χ0v) is 64.1. The van der Waals surface area contributed by atoms with Crippen LogP contribution in [-0.2, 0) is 65.4 Å². The molecule has 0 amide bonds. The van der Waals surface area contributed by atoms with Crippen molar-refractivity contribution in [1.82, 2.24) is 0 Å². The first-order valence-electron chi connectivity index (χ1n) is 39.2. The van der Waals surface area contributed by atoms with Gasteiger partial charge in [0.25, 0.3) is 0 Å². The number of aliphatic hydroxyl groups excluding tert-OH is 1. The van der Waals surface area contributed by atoms with E-state index in [0.717, 1.165) is 121 Å². The van der Waals surface area contributed by atoms with E-state index in [9.17, 15) is 43.2 Å². The Morgan fingerprint density at radius 1 is 0.344 bits per heavy atom. The van der Waals surface area contributed by atoms with Gasteiger partial charge in [-0.05, 0) is 69.1 Å². The number of ether oxygens (including phenoxy) is 4. The molecule has 0 aliphatic rings. The summed E-state index contributed by atoms with van der Waals surface area (Å²) >= 11 is 0. The van der Waals surface area contributed by atoms with Gasteiger partial charge >= 0.3 is 39.5 Å². The summed E-state index contributed by atoms with van der Waals surface area (Å²) in [4.78, 5) is 72.8. The van der Waals surface area contributed by atoms with Crippen LogP contribution in [0.1, 0.15) is 370 Å². The Morgan fingerprint density at radius 3 is 0.927 bits per heavy atom. The third-order valence-corrected chi connectivity index (χ3v) is 19.9. The predicted molar refractivity (Wildman–Crippen MR) is 390 cm³/mol. The number of rotatable bonds is 73. The monoisotopic (exact) mass is 1410 g/mol. The molecule has 0 rings (SSSR count).